The summed E-state index contributed by atoms with van der Waals surface area (Å²) in [4.78, 5) is 11.6. The van der Waals surface area contributed by atoms with Crippen molar-refractivity contribution in [2.45, 2.75) is 26.9 Å². The van der Waals surface area contributed by atoms with E-state index in [1.807, 2.05) is 13.8 Å². The second-order valence-electron chi connectivity index (χ2n) is 3.98. The van der Waals surface area contributed by atoms with Gasteiger partial charge >= 0.3 is 0 Å². The Balaban J connectivity index is 2.68. The number of hydrogen-bond donors (Lipinski definition) is 1. The van der Waals surface area contributed by atoms with E-state index in [0.29, 0.717) is 18.0 Å². The molecule has 0 radical (unpaired) electrons. The summed E-state index contributed by atoms with van der Waals surface area (Å²) in [6.45, 7) is 5.83. The SMILES string of the molecule is CCOc1cc(F)ccc1NC(=O)COC(C)C. The molecular formula is C13H18FNO3. The third kappa shape index (κ3) is 4.71. The van der Waals surface area contributed by atoms with Gasteiger partial charge in [-0.1, -0.05) is 0 Å². The van der Waals surface area contributed by atoms with Crippen LogP contribution in [0.1, 0.15) is 20.8 Å². The van der Waals surface area contributed by atoms with E-state index in [2.05, 4.69) is 5.32 Å². The lowest BCUT2D eigenvalue weighted by Gasteiger charge is -2.12. The molecule has 5 heteroatoms. The van der Waals surface area contributed by atoms with Gasteiger partial charge in [0.1, 0.15) is 18.2 Å². The maximum absolute atomic E-state index is 13.0. The summed E-state index contributed by atoms with van der Waals surface area (Å²) in [5.74, 6) is -0.387. The standard InChI is InChI=1S/C13H18FNO3/c1-4-17-12-7-10(14)5-6-11(12)15-13(16)8-18-9(2)3/h5-7,9H,4,8H2,1-3H3,(H,15,16). The first-order valence-corrected chi connectivity index (χ1v) is 5.86. The van der Waals surface area contributed by atoms with E-state index < -0.39 is 5.82 Å². The minimum atomic E-state index is -0.408. The summed E-state index contributed by atoms with van der Waals surface area (Å²) < 4.78 is 23.5. The number of carbonyl (C=O) groups is 1. The van der Waals surface area contributed by atoms with E-state index in [4.69, 9.17) is 9.47 Å². The number of rotatable bonds is 6. The average Bonchev–Trinajstić information content (AvgIpc) is 2.30. The van der Waals surface area contributed by atoms with Crippen LogP contribution in [0.15, 0.2) is 18.2 Å². The summed E-state index contributed by atoms with van der Waals surface area (Å²) in [5.41, 5.74) is 0.440. The van der Waals surface area contributed by atoms with E-state index in [0.717, 1.165) is 0 Å². The van der Waals surface area contributed by atoms with Gasteiger partial charge in [0.25, 0.3) is 0 Å². The van der Waals surface area contributed by atoms with Gasteiger partial charge in [0.15, 0.2) is 0 Å². The molecule has 1 aromatic carbocycles. The molecule has 1 rings (SSSR count). The van der Waals surface area contributed by atoms with Crippen LogP contribution in [0.4, 0.5) is 10.1 Å². The molecule has 0 heterocycles. The first kappa shape index (κ1) is 14.4. The summed E-state index contributed by atoms with van der Waals surface area (Å²) in [5, 5.41) is 2.62. The van der Waals surface area contributed by atoms with Crippen molar-refractivity contribution in [1.29, 1.82) is 0 Å². The van der Waals surface area contributed by atoms with Crippen molar-refractivity contribution in [3.8, 4) is 5.75 Å². The Labute approximate surface area is 106 Å². The predicted molar refractivity (Wildman–Crippen MR) is 67.3 cm³/mol. The molecule has 1 amide bonds. The van der Waals surface area contributed by atoms with Gasteiger partial charge in [0.05, 0.1) is 18.4 Å². The molecule has 0 aliphatic rings. The van der Waals surface area contributed by atoms with Crippen LogP contribution in [0.5, 0.6) is 5.75 Å². The molecule has 0 aliphatic carbocycles. The Bertz CT molecular complexity index is 407. The molecule has 0 bridgehead atoms. The van der Waals surface area contributed by atoms with E-state index in [9.17, 15) is 9.18 Å². The fourth-order valence-electron chi connectivity index (χ4n) is 1.30. The first-order chi connectivity index (χ1) is 8.52. The highest BCUT2D eigenvalue weighted by atomic mass is 19.1. The minimum absolute atomic E-state index is 0.0182. The number of amides is 1. The van der Waals surface area contributed by atoms with E-state index >= 15 is 0 Å². The van der Waals surface area contributed by atoms with Gasteiger partial charge in [-0.2, -0.15) is 0 Å². The van der Waals surface area contributed by atoms with Gasteiger partial charge in [0, 0.05) is 6.07 Å². The van der Waals surface area contributed by atoms with Crippen LogP contribution in [0, 0.1) is 5.82 Å². The van der Waals surface area contributed by atoms with Crippen molar-refractivity contribution in [1.82, 2.24) is 0 Å². The number of ether oxygens (including phenoxy) is 2. The molecule has 4 nitrogen and oxygen atoms in total. The zero-order chi connectivity index (χ0) is 13.5. The smallest absolute Gasteiger partial charge is 0.250 e. The molecule has 0 unspecified atom stereocenters. The van der Waals surface area contributed by atoms with Crippen LogP contribution in [0.2, 0.25) is 0 Å². The summed E-state index contributed by atoms with van der Waals surface area (Å²) in [7, 11) is 0. The number of carbonyl (C=O) groups excluding carboxylic acids is 1. The molecule has 18 heavy (non-hydrogen) atoms. The number of hydrogen-bond acceptors (Lipinski definition) is 3. The fraction of sp³-hybridized carbons (Fsp3) is 0.462. The lowest BCUT2D eigenvalue weighted by Crippen LogP contribution is -2.21. The van der Waals surface area contributed by atoms with Crippen LogP contribution in [-0.4, -0.2) is 25.2 Å². The Morgan fingerprint density at radius 3 is 2.78 bits per heavy atom. The molecule has 0 fully saturated rings. The first-order valence-electron chi connectivity index (χ1n) is 5.86. The zero-order valence-corrected chi connectivity index (χ0v) is 10.8. The third-order valence-corrected chi connectivity index (χ3v) is 2.07. The number of benzene rings is 1. The van der Waals surface area contributed by atoms with Crippen LogP contribution < -0.4 is 10.1 Å². The van der Waals surface area contributed by atoms with Crippen LogP contribution >= 0.6 is 0 Å². The summed E-state index contributed by atoms with van der Waals surface area (Å²) in [6, 6.07) is 3.97. The van der Waals surface area contributed by atoms with Gasteiger partial charge in [-0.3, -0.25) is 4.79 Å². The van der Waals surface area contributed by atoms with Crippen molar-refractivity contribution >= 4 is 11.6 Å². The van der Waals surface area contributed by atoms with Gasteiger partial charge < -0.3 is 14.8 Å². The summed E-state index contributed by atoms with van der Waals surface area (Å²) in [6.07, 6.45) is -0.0182. The molecule has 0 spiro atoms. The van der Waals surface area contributed by atoms with Crippen molar-refractivity contribution < 1.29 is 18.7 Å². The monoisotopic (exact) mass is 255 g/mol. The van der Waals surface area contributed by atoms with Crippen molar-refractivity contribution in [3.05, 3.63) is 24.0 Å². The fourth-order valence-corrected chi connectivity index (χ4v) is 1.30. The normalized spacial score (nSPS) is 10.5. The van der Waals surface area contributed by atoms with Gasteiger partial charge in [-0.05, 0) is 32.9 Å². The molecule has 0 aromatic heterocycles. The molecule has 1 N–H and O–H groups in total. The number of nitrogens with one attached hydrogen (secondary N) is 1. The number of anilines is 1. The van der Waals surface area contributed by atoms with Crippen LogP contribution in [0.3, 0.4) is 0 Å². The largest absolute Gasteiger partial charge is 0.492 e. The molecule has 0 atom stereocenters. The van der Waals surface area contributed by atoms with Crippen LogP contribution in [0.25, 0.3) is 0 Å². The Morgan fingerprint density at radius 1 is 1.44 bits per heavy atom. The Kier molecular flexibility index (Phi) is 5.58. The Hall–Kier alpha value is -1.62. The quantitative estimate of drug-likeness (QED) is 0.850. The zero-order valence-electron chi connectivity index (χ0n) is 10.8. The maximum atomic E-state index is 13.0. The molecule has 1 aromatic rings. The maximum Gasteiger partial charge on any atom is 0.250 e. The predicted octanol–water partition coefficient (Wildman–Crippen LogP) is 2.59. The highest BCUT2D eigenvalue weighted by molar-refractivity contribution is 5.93. The lowest BCUT2D eigenvalue weighted by atomic mass is 10.3. The second kappa shape index (κ2) is 6.96. The minimum Gasteiger partial charge on any atom is -0.492 e. The summed E-state index contributed by atoms with van der Waals surface area (Å²) >= 11 is 0. The second-order valence-corrected chi connectivity index (χ2v) is 3.98. The molecule has 0 saturated heterocycles. The lowest BCUT2D eigenvalue weighted by molar-refractivity contribution is -0.121. The average molecular weight is 255 g/mol. The van der Waals surface area contributed by atoms with Crippen LogP contribution in [-0.2, 0) is 9.53 Å². The van der Waals surface area contributed by atoms with Crippen molar-refractivity contribution in [2.75, 3.05) is 18.5 Å². The highest BCUT2D eigenvalue weighted by Gasteiger charge is 2.09. The molecule has 0 saturated carbocycles. The topological polar surface area (TPSA) is 47.6 Å². The van der Waals surface area contributed by atoms with E-state index in [1.165, 1.54) is 18.2 Å². The van der Waals surface area contributed by atoms with Crippen molar-refractivity contribution in [3.63, 3.8) is 0 Å². The van der Waals surface area contributed by atoms with Gasteiger partial charge in [0.2, 0.25) is 5.91 Å². The van der Waals surface area contributed by atoms with Gasteiger partial charge in [-0.15, -0.1) is 0 Å². The Morgan fingerprint density at radius 2 is 2.17 bits per heavy atom. The third-order valence-electron chi connectivity index (χ3n) is 2.07. The van der Waals surface area contributed by atoms with E-state index in [1.54, 1.807) is 6.92 Å². The molecular weight excluding hydrogens is 237 g/mol. The molecule has 0 aliphatic heterocycles. The highest BCUT2D eigenvalue weighted by Crippen LogP contribution is 2.25. The van der Waals surface area contributed by atoms with Gasteiger partial charge in [-0.25, -0.2) is 4.39 Å². The molecule has 100 valence electrons. The van der Waals surface area contributed by atoms with Crippen molar-refractivity contribution in [2.24, 2.45) is 0 Å². The van der Waals surface area contributed by atoms with E-state index in [-0.39, 0.29) is 18.6 Å². The number of halogens is 1.